The fourth-order valence-electron chi connectivity index (χ4n) is 3.21. The van der Waals surface area contributed by atoms with Crippen LogP contribution in [0.4, 0.5) is 27.8 Å². The highest BCUT2D eigenvalue weighted by molar-refractivity contribution is 6.00. The highest BCUT2D eigenvalue weighted by Gasteiger charge is 2.27. The topological polar surface area (TPSA) is 133 Å². The second-order valence-corrected chi connectivity index (χ2v) is 7.19. The molecule has 0 radical (unpaired) electrons. The van der Waals surface area contributed by atoms with Crippen LogP contribution in [0.25, 0.3) is 11.3 Å². The van der Waals surface area contributed by atoms with E-state index in [2.05, 4.69) is 30.9 Å². The lowest BCUT2D eigenvalue weighted by atomic mass is 10.0. The minimum Gasteiger partial charge on any atom is -0.367 e. The number of urea groups is 1. The van der Waals surface area contributed by atoms with Crippen molar-refractivity contribution in [2.24, 2.45) is 7.05 Å². The Kier molecular flexibility index (Phi) is 3.96. The van der Waals surface area contributed by atoms with E-state index in [9.17, 15) is 9.59 Å². The van der Waals surface area contributed by atoms with Crippen molar-refractivity contribution < 1.29 is 16.4 Å². The number of carbonyl (C=O) groups excluding carboxylic acids is 2. The Morgan fingerprint density at radius 2 is 2.09 bits per heavy atom. The molecule has 1 aliphatic heterocycles. The van der Waals surface area contributed by atoms with Crippen LogP contribution in [0.1, 0.15) is 22.9 Å². The molecule has 3 N–H and O–H groups in total. The molecule has 0 saturated heterocycles. The van der Waals surface area contributed by atoms with E-state index in [0.717, 1.165) is 0 Å². The lowest BCUT2D eigenvalue weighted by Gasteiger charge is -2.28. The standard InChI is InChI=1S/C20H24N10O2/c1-21-19(31)16-13(8-14(25-26-16)24-20(32)28(2)3)23-18-17-12(6-7-22-18)15-11(9-29(17)4)10-30(5)27-15/h6-8,10H,9H2,1-5H3,(H,21,31)(H2,22,23,24,25,32)/i1D3,9D2. The number of pyridine rings is 1. The van der Waals surface area contributed by atoms with Crippen LogP contribution >= 0.6 is 0 Å². The van der Waals surface area contributed by atoms with Crippen molar-refractivity contribution in [2.75, 3.05) is 43.7 Å². The maximum Gasteiger partial charge on any atom is 0.322 e. The van der Waals surface area contributed by atoms with Gasteiger partial charge in [0.2, 0.25) is 0 Å². The summed E-state index contributed by atoms with van der Waals surface area (Å²) in [5, 5.41) is 19.4. The Balaban J connectivity index is 1.83. The first kappa shape index (κ1) is 15.6. The third kappa shape index (κ3) is 3.77. The van der Waals surface area contributed by atoms with Gasteiger partial charge in [0.05, 0.1) is 19.8 Å². The van der Waals surface area contributed by atoms with Crippen molar-refractivity contribution in [1.29, 1.82) is 0 Å². The maximum absolute atomic E-state index is 12.7. The Hall–Kier alpha value is -4.22. The summed E-state index contributed by atoms with van der Waals surface area (Å²) in [7, 11) is 6.29. The molecule has 0 fully saturated rings. The zero-order chi connectivity index (χ0) is 27.3. The van der Waals surface area contributed by atoms with Crippen LogP contribution < -0.4 is 20.9 Å². The molecule has 0 aliphatic carbocycles. The lowest BCUT2D eigenvalue weighted by molar-refractivity contribution is 0.0958. The lowest BCUT2D eigenvalue weighted by Crippen LogP contribution is -2.28. The van der Waals surface area contributed by atoms with Crippen LogP contribution in [0.5, 0.6) is 0 Å². The molecule has 4 heterocycles. The van der Waals surface area contributed by atoms with Gasteiger partial charge in [-0.2, -0.15) is 5.10 Å². The van der Waals surface area contributed by atoms with Crippen LogP contribution in [0, 0.1) is 0 Å². The maximum atomic E-state index is 12.7. The van der Waals surface area contributed by atoms with Gasteiger partial charge in [-0.1, -0.05) is 0 Å². The Morgan fingerprint density at radius 1 is 1.28 bits per heavy atom. The number of rotatable bonds is 4. The zero-order valence-corrected chi connectivity index (χ0v) is 17.8. The number of nitrogens with one attached hydrogen (secondary N) is 3. The van der Waals surface area contributed by atoms with Gasteiger partial charge >= 0.3 is 6.03 Å². The van der Waals surface area contributed by atoms with E-state index in [1.54, 1.807) is 26.4 Å². The van der Waals surface area contributed by atoms with Crippen LogP contribution in [0.2, 0.25) is 0 Å². The first-order valence-electron chi connectivity index (χ1n) is 11.9. The number of aromatic nitrogens is 5. The monoisotopic (exact) mass is 441 g/mol. The molecule has 0 spiro atoms. The molecule has 0 saturated carbocycles. The van der Waals surface area contributed by atoms with Gasteiger partial charge in [-0.15, -0.1) is 10.2 Å². The van der Waals surface area contributed by atoms with E-state index in [0.29, 0.717) is 22.5 Å². The predicted molar refractivity (Wildman–Crippen MR) is 120 cm³/mol. The second-order valence-electron chi connectivity index (χ2n) is 7.19. The summed E-state index contributed by atoms with van der Waals surface area (Å²) in [6.45, 7) is -4.73. The molecule has 3 aromatic rings. The third-order valence-electron chi connectivity index (χ3n) is 4.65. The van der Waals surface area contributed by atoms with Crippen LogP contribution in [-0.2, 0) is 13.5 Å². The van der Waals surface area contributed by atoms with Gasteiger partial charge < -0.3 is 20.4 Å². The first-order valence-corrected chi connectivity index (χ1v) is 9.42. The summed E-state index contributed by atoms with van der Waals surface area (Å²) in [5.41, 5.74) is 1.34. The van der Waals surface area contributed by atoms with Gasteiger partial charge in [-0.25, -0.2) is 9.78 Å². The van der Waals surface area contributed by atoms with Gasteiger partial charge in [0, 0.05) is 75.4 Å². The minimum absolute atomic E-state index is 0.0208. The molecule has 12 nitrogen and oxygen atoms in total. The normalized spacial score (nSPS) is 16.2. The Morgan fingerprint density at radius 3 is 2.84 bits per heavy atom. The van der Waals surface area contributed by atoms with E-state index in [1.165, 1.54) is 40.8 Å². The third-order valence-corrected chi connectivity index (χ3v) is 4.65. The summed E-state index contributed by atoms with van der Waals surface area (Å²) in [6.07, 6.45) is 3.09. The smallest absolute Gasteiger partial charge is 0.322 e. The van der Waals surface area contributed by atoms with Crippen molar-refractivity contribution in [1.82, 2.24) is 35.2 Å². The molecular formula is C20H24N10O2. The molecule has 3 aromatic heterocycles. The molecule has 1 aliphatic rings. The predicted octanol–water partition coefficient (Wildman–Crippen LogP) is 1.42. The number of aryl methyl sites for hydroxylation is 1. The number of hydrogen-bond donors (Lipinski definition) is 3. The quantitative estimate of drug-likeness (QED) is 0.554. The van der Waals surface area contributed by atoms with E-state index in [1.807, 2.05) is 5.32 Å². The van der Waals surface area contributed by atoms with Crippen LogP contribution in [0.15, 0.2) is 24.5 Å². The first-order chi connectivity index (χ1) is 17.2. The van der Waals surface area contributed by atoms with Gasteiger partial charge in [-0.3, -0.25) is 14.8 Å². The fraction of sp³-hybridized carbons (Fsp3) is 0.300. The minimum atomic E-state index is -2.79. The number of amides is 3. The number of carbonyl (C=O) groups is 2. The molecule has 0 atom stereocenters. The molecule has 0 unspecified atom stereocenters. The average Bonchev–Trinajstić information content (AvgIpc) is 3.19. The fourth-order valence-corrected chi connectivity index (χ4v) is 3.21. The molecule has 0 aromatic carbocycles. The molecule has 32 heavy (non-hydrogen) atoms. The SMILES string of the molecule is [2H]C([2H])([2H])NC(=O)c1nnc(NC(=O)N(C)C)cc1Nc1nccc2c1N(C)C([2H])([2H])c1cn(C)nc1-2. The summed E-state index contributed by atoms with van der Waals surface area (Å²) in [4.78, 5) is 31.8. The van der Waals surface area contributed by atoms with Crippen molar-refractivity contribution in [3.63, 3.8) is 0 Å². The molecule has 3 amide bonds. The van der Waals surface area contributed by atoms with Gasteiger partial charge in [0.15, 0.2) is 17.3 Å². The largest absolute Gasteiger partial charge is 0.367 e. The molecule has 166 valence electrons. The molecular weight excluding hydrogens is 412 g/mol. The zero-order valence-electron chi connectivity index (χ0n) is 22.8. The number of anilines is 4. The number of nitrogens with zero attached hydrogens (tertiary/aromatic N) is 7. The van der Waals surface area contributed by atoms with Crippen molar-refractivity contribution in [2.45, 2.75) is 6.50 Å². The highest BCUT2D eigenvalue weighted by atomic mass is 16.2. The summed E-state index contributed by atoms with van der Waals surface area (Å²) in [6, 6.07) is 2.48. The van der Waals surface area contributed by atoms with Gasteiger partial charge in [-0.05, 0) is 6.07 Å². The summed E-state index contributed by atoms with van der Waals surface area (Å²) >= 11 is 0. The molecule has 0 bridgehead atoms. The Labute approximate surface area is 191 Å². The second kappa shape index (κ2) is 8.13. The molecule has 4 rings (SSSR count). The average molecular weight is 442 g/mol. The van der Waals surface area contributed by atoms with Crippen LogP contribution in [0.3, 0.4) is 0 Å². The van der Waals surface area contributed by atoms with Gasteiger partial charge in [0.1, 0.15) is 0 Å². The highest BCUT2D eigenvalue weighted by Crippen LogP contribution is 2.42. The van der Waals surface area contributed by atoms with E-state index >= 15 is 0 Å². The number of fused-ring (bicyclic) bond motifs is 3. The van der Waals surface area contributed by atoms with E-state index < -0.39 is 25.4 Å². The van der Waals surface area contributed by atoms with Crippen molar-refractivity contribution >= 4 is 34.9 Å². The molecule has 12 heteroatoms. The van der Waals surface area contributed by atoms with Gasteiger partial charge in [0.25, 0.3) is 5.91 Å². The van der Waals surface area contributed by atoms with Crippen molar-refractivity contribution in [3.8, 4) is 11.3 Å². The summed E-state index contributed by atoms with van der Waals surface area (Å²) in [5.74, 6) is -0.922. The van der Waals surface area contributed by atoms with Crippen LogP contribution in [-0.4, -0.2) is 69.9 Å². The summed E-state index contributed by atoms with van der Waals surface area (Å²) < 4.78 is 40.9. The van der Waals surface area contributed by atoms with Crippen molar-refractivity contribution in [3.05, 3.63) is 35.8 Å². The van der Waals surface area contributed by atoms with E-state index in [4.69, 9.17) is 6.85 Å². The number of hydrogen-bond acceptors (Lipinski definition) is 8. The Bertz CT molecular complexity index is 1390. The van der Waals surface area contributed by atoms with E-state index in [-0.39, 0.29) is 23.0 Å².